The minimum atomic E-state index is 0.889. The van der Waals surface area contributed by atoms with E-state index >= 15 is 0 Å². The van der Waals surface area contributed by atoms with E-state index in [0.29, 0.717) is 0 Å². The molecule has 0 spiro atoms. The van der Waals surface area contributed by atoms with Gasteiger partial charge in [-0.25, -0.2) is 4.98 Å². The third kappa shape index (κ3) is 4.82. The quantitative estimate of drug-likeness (QED) is 0.591. The summed E-state index contributed by atoms with van der Waals surface area (Å²) < 4.78 is 0. The highest BCUT2D eigenvalue weighted by molar-refractivity contribution is 6.00. The number of anilines is 1. The minimum Gasteiger partial charge on any atom is -0.399 e. The first kappa shape index (κ1) is 18.4. The fourth-order valence-corrected chi connectivity index (χ4v) is 3.50. The molecule has 3 rings (SSSR count). The molecule has 5 heteroatoms. The third-order valence-corrected chi connectivity index (χ3v) is 4.77. The van der Waals surface area contributed by atoms with Gasteiger partial charge in [0, 0.05) is 45.3 Å². The van der Waals surface area contributed by atoms with Crippen LogP contribution in [0.2, 0.25) is 0 Å². The molecule has 1 aromatic carbocycles. The van der Waals surface area contributed by atoms with Crippen LogP contribution in [-0.4, -0.2) is 55.4 Å². The Hall–Kier alpha value is -2.40. The van der Waals surface area contributed by atoms with Crippen LogP contribution in [0.4, 0.5) is 5.82 Å². The van der Waals surface area contributed by atoms with Gasteiger partial charge < -0.3 is 9.74 Å². The van der Waals surface area contributed by atoms with Gasteiger partial charge in [-0.1, -0.05) is 40.5 Å². The summed E-state index contributed by atoms with van der Waals surface area (Å²) in [7, 11) is 1.62. The van der Waals surface area contributed by atoms with E-state index in [9.17, 15) is 0 Å². The Morgan fingerprint density at radius 2 is 1.81 bits per heavy atom. The summed E-state index contributed by atoms with van der Waals surface area (Å²) >= 11 is 0. The molecule has 0 saturated carbocycles. The van der Waals surface area contributed by atoms with Crippen molar-refractivity contribution >= 4 is 11.5 Å². The van der Waals surface area contributed by atoms with Crippen molar-refractivity contribution in [1.82, 2.24) is 9.88 Å². The maximum atomic E-state index is 5.11. The number of piperazine rings is 1. The molecule has 2 aromatic rings. The molecule has 1 aliphatic rings. The summed E-state index contributed by atoms with van der Waals surface area (Å²) in [5, 5.41) is 4.29. The van der Waals surface area contributed by atoms with Gasteiger partial charge >= 0.3 is 0 Å². The van der Waals surface area contributed by atoms with Crippen LogP contribution >= 0.6 is 0 Å². The second-order valence-corrected chi connectivity index (χ2v) is 6.86. The average Bonchev–Trinajstić information content (AvgIpc) is 2.65. The van der Waals surface area contributed by atoms with Crippen LogP contribution in [0.3, 0.4) is 0 Å². The van der Waals surface area contributed by atoms with Crippen molar-refractivity contribution < 1.29 is 4.84 Å². The molecule has 138 valence electrons. The highest BCUT2D eigenvalue weighted by Crippen LogP contribution is 2.15. The largest absolute Gasteiger partial charge is 0.399 e. The van der Waals surface area contributed by atoms with Gasteiger partial charge in [-0.15, -0.1) is 0 Å². The van der Waals surface area contributed by atoms with E-state index in [1.807, 2.05) is 18.3 Å². The average molecular weight is 352 g/mol. The summed E-state index contributed by atoms with van der Waals surface area (Å²) in [6, 6.07) is 12.6. The minimum absolute atomic E-state index is 0.889. The Labute approximate surface area is 156 Å². The zero-order chi connectivity index (χ0) is 18.4. The van der Waals surface area contributed by atoms with Crippen LogP contribution in [0, 0.1) is 13.8 Å². The number of pyridine rings is 1. The molecule has 5 nitrogen and oxygen atoms in total. The molecule has 26 heavy (non-hydrogen) atoms. The predicted molar refractivity (Wildman–Crippen MR) is 107 cm³/mol. The number of aryl methyl sites for hydroxylation is 2. The van der Waals surface area contributed by atoms with E-state index in [-0.39, 0.29) is 0 Å². The molecule has 1 aliphatic heterocycles. The van der Waals surface area contributed by atoms with Crippen LogP contribution in [0.5, 0.6) is 0 Å². The number of rotatable bonds is 6. The maximum Gasteiger partial charge on any atom is 0.128 e. The number of oxime groups is 1. The van der Waals surface area contributed by atoms with Crippen molar-refractivity contribution in [2.24, 2.45) is 5.16 Å². The highest BCUT2D eigenvalue weighted by atomic mass is 16.6. The summed E-state index contributed by atoms with van der Waals surface area (Å²) in [6.45, 7) is 9.35. The molecule has 0 aliphatic carbocycles. The molecule has 0 bridgehead atoms. The lowest BCUT2D eigenvalue weighted by atomic mass is 10.0. The van der Waals surface area contributed by atoms with Gasteiger partial charge in [0.15, 0.2) is 0 Å². The zero-order valence-corrected chi connectivity index (χ0v) is 16.0. The second kappa shape index (κ2) is 8.81. The number of nitrogens with zero attached hydrogens (tertiary/aromatic N) is 4. The first-order valence-corrected chi connectivity index (χ1v) is 9.23. The van der Waals surface area contributed by atoms with E-state index in [1.54, 1.807) is 7.11 Å². The Kier molecular flexibility index (Phi) is 6.23. The number of hydrogen-bond donors (Lipinski definition) is 0. The van der Waals surface area contributed by atoms with E-state index in [1.165, 1.54) is 11.1 Å². The van der Waals surface area contributed by atoms with Crippen molar-refractivity contribution in [3.05, 3.63) is 59.3 Å². The van der Waals surface area contributed by atoms with Gasteiger partial charge in [0.2, 0.25) is 0 Å². The van der Waals surface area contributed by atoms with Crippen LogP contribution < -0.4 is 4.90 Å². The van der Waals surface area contributed by atoms with Crippen molar-refractivity contribution in [2.75, 3.05) is 44.7 Å². The van der Waals surface area contributed by atoms with Gasteiger partial charge in [0.25, 0.3) is 0 Å². The summed E-state index contributed by atoms with van der Waals surface area (Å²) in [5.74, 6) is 1.07. The smallest absolute Gasteiger partial charge is 0.128 e. The Bertz CT molecular complexity index is 717. The van der Waals surface area contributed by atoms with Crippen molar-refractivity contribution in [3.63, 3.8) is 0 Å². The molecule has 0 radical (unpaired) electrons. The molecule has 0 atom stereocenters. The number of aromatic nitrogens is 1. The third-order valence-electron chi connectivity index (χ3n) is 4.77. The lowest BCUT2D eigenvalue weighted by Crippen LogP contribution is -2.47. The van der Waals surface area contributed by atoms with Crippen molar-refractivity contribution in [3.8, 4) is 0 Å². The van der Waals surface area contributed by atoms with Gasteiger partial charge in [-0.2, -0.15) is 0 Å². The maximum absolute atomic E-state index is 5.11. The predicted octanol–water partition coefficient (Wildman–Crippen LogP) is 3.26. The van der Waals surface area contributed by atoms with E-state index in [2.05, 4.69) is 58.1 Å². The first-order chi connectivity index (χ1) is 12.7. The van der Waals surface area contributed by atoms with Crippen LogP contribution in [0.25, 0.3) is 0 Å². The fraction of sp³-hybridized carbons (Fsp3) is 0.429. The lowest BCUT2D eigenvalue weighted by molar-refractivity contribution is 0.211. The Balaban J connectivity index is 1.56. The van der Waals surface area contributed by atoms with Crippen molar-refractivity contribution in [1.29, 1.82) is 0 Å². The van der Waals surface area contributed by atoms with E-state index < -0.39 is 0 Å². The molecule has 0 N–H and O–H groups in total. The summed E-state index contributed by atoms with van der Waals surface area (Å²) in [6.07, 6.45) is 2.75. The normalized spacial score (nSPS) is 16.0. The number of benzene rings is 1. The first-order valence-electron chi connectivity index (χ1n) is 9.23. The summed E-state index contributed by atoms with van der Waals surface area (Å²) in [4.78, 5) is 14.4. The van der Waals surface area contributed by atoms with Crippen LogP contribution in [0.1, 0.15) is 23.1 Å². The van der Waals surface area contributed by atoms with Gasteiger partial charge in [-0.05, 0) is 31.5 Å². The second-order valence-electron chi connectivity index (χ2n) is 6.86. The molecule has 1 aromatic heterocycles. The topological polar surface area (TPSA) is 41.0 Å². The Morgan fingerprint density at radius 1 is 1.08 bits per heavy atom. The van der Waals surface area contributed by atoms with Gasteiger partial charge in [0.05, 0.1) is 5.71 Å². The number of hydrogen-bond acceptors (Lipinski definition) is 5. The van der Waals surface area contributed by atoms with E-state index in [4.69, 9.17) is 4.84 Å². The monoisotopic (exact) mass is 352 g/mol. The van der Waals surface area contributed by atoms with Gasteiger partial charge in [0.1, 0.15) is 12.9 Å². The molecule has 2 heterocycles. The lowest BCUT2D eigenvalue weighted by Gasteiger charge is -2.35. The molecule has 1 fully saturated rings. The van der Waals surface area contributed by atoms with Crippen LogP contribution in [-0.2, 0) is 4.84 Å². The fourth-order valence-electron chi connectivity index (χ4n) is 3.50. The van der Waals surface area contributed by atoms with Crippen molar-refractivity contribution in [2.45, 2.75) is 20.3 Å². The SMILES string of the molecule is CO/N=C(/CCN1CCN(c2ccccn2)CC1)c1cc(C)cc(C)c1. The van der Waals surface area contributed by atoms with Crippen LogP contribution in [0.15, 0.2) is 47.8 Å². The molecule has 0 amide bonds. The molecule has 0 unspecified atom stereocenters. The van der Waals surface area contributed by atoms with E-state index in [0.717, 1.165) is 56.2 Å². The molecule has 1 saturated heterocycles. The molecular formula is C21H28N4O. The summed E-state index contributed by atoms with van der Waals surface area (Å²) in [5.41, 5.74) is 4.70. The molecular weight excluding hydrogens is 324 g/mol. The standard InChI is InChI=1S/C21H28N4O/c1-17-14-18(2)16-19(15-17)20(23-26-3)7-9-24-10-12-25(13-11-24)21-6-4-5-8-22-21/h4-6,8,14-16H,7,9-13H2,1-3H3/b23-20-. The zero-order valence-electron chi connectivity index (χ0n) is 16.0. The highest BCUT2D eigenvalue weighted by Gasteiger charge is 2.18. The van der Waals surface area contributed by atoms with Gasteiger partial charge in [-0.3, -0.25) is 4.90 Å². The Morgan fingerprint density at radius 3 is 2.42 bits per heavy atom.